The van der Waals surface area contributed by atoms with E-state index in [0.717, 1.165) is 24.4 Å². The largest absolute Gasteiger partial charge is 0.372 e. The van der Waals surface area contributed by atoms with Gasteiger partial charge in [0.25, 0.3) is 0 Å². The van der Waals surface area contributed by atoms with Gasteiger partial charge in [-0.25, -0.2) is 5.43 Å². The van der Waals surface area contributed by atoms with Crippen molar-refractivity contribution in [3.8, 4) is 0 Å². The minimum absolute atomic E-state index is 0.0104. The number of fused-ring (bicyclic) bond motifs is 1. The molecule has 130 valence electrons. The Labute approximate surface area is 148 Å². The summed E-state index contributed by atoms with van der Waals surface area (Å²) in [6.07, 6.45) is 13.6. The molecule has 1 fully saturated rings. The lowest BCUT2D eigenvalue weighted by atomic mass is 10.1. The molecule has 1 amide bonds. The molecule has 3 aliphatic heterocycles. The van der Waals surface area contributed by atoms with Gasteiger partial charge in [-0.15, -0.1) is 0 Å². The van der Waals surface area contributed by atoms with Gasteiger partial charge in [-0.3, -0.25) is 9.80 Å². The van der Waals surface area contributed by atoms with Crippen LogP contribution in [0.3, 0.4) is 0 Å². The minimum Gasteiger partial charge on any atom is -0.372 e. The number of nitrogens with zero attached hydrogens (tertiary/aromatic N) is 2. The van der Waals surface area contributed by atoms with Crippen molar-refractivity contribution in [3.63, 3.8) is 0 Å². The molecule has 3 heterocycles. The third-order valence-corrected chi connectivity index (χ3v) is 4.91. The van der Waals surface area contributed by atoms with Crippen LogP contribution >= 0.6 is 0 Å². The van der Waals surface area contributed by atoms with Crippen molar-refractivity contribution in [3.05, 3.63) is 66.0 Å². The highest BCUT2D eigenvalue weighted by atomic mass is 16.2. The average molecular weight is 336 g/mol. The number of anilines is 1. The maximum absolute atomic E-state index is 12.4. The normalized spacial score (nSPS) is 21.9. The second-order valence-electron chi connectivity index (χ2n) is 6.70. The Balaban J connectivity index is 1.31. The van der Waals surface area contributed by atoms with E-state index in [0.29, 0.717) is 6.54 Å². The molecule has 0 aliphatic carbocycles. The molecule has 4 rings (SSSR count). The van der Waals surface area contributed by atoms with Gasteiger partial charge in [-0.05, 0) is 55.2 Å². The van der Waals surface area contributed by atoms with E-state index in [1.165, 1.54) is 24.9 Å². The standard InChI is InChI=1S/C20H24N4O/c25-20(19-14-18-6-2-5-13-24(18)22-19)21-15-16-7-9-17(10-8-16)23-11-3-1-4-12-23/h2,5-10,13-14,19,22H,1,3-4,11-12,15H2,(H,21,25). The molecule has 0 bridgehead atoms. The minimum atomic E-state index is -0.324. The predicted molar refractivity (Wildman–Crippen MR) is 99.5 cm³/mol. The fourth-order valence-electron chi connectivity index (χ4n) is 3.48. The van der Waals surface area contributed by atoms with Crippen molar-refractivity contribution in [1.82, 2.24) is 15.8 Å². The van der Waals surface area contributed by atoms with Crippen LogP contribution in [0.25, 0.3) is 0 Å². The summed E-state index contributed by atoms with van der Waals surface area (Å²) in [7, 11) is 0. The second-order valence-corrected chi connectivity index (χ2v) is 6.70. The number of hydrogen-bond acceptors (Lipinski definition) is 4. The number of hydrogen-bond donors (Lipinski definition) is 2. The van der Waals surface area contributed by atoms with Crippen molar-refractivity contribution in [2.24, 2.45) is 0 Å². The quantitative estimate of drug-likeness (QED) is 0.887. The van der Waals surface area contributed by atoms with E-state index in [9.17, 15) is 4.79 Å². The first kappa shape index (κ1) is 16.0. The Kier molecular flexibility index (Phi) is 4.57. The van der Waals surface area contributed by atoms with E-state index in [4.69, 9.17) is 0 Å². The zero-order valence-corrected chi connectivity index (χ0v) is 14.3. The zero-order chi connectivity index (χ0) is 17.1. The highest BCUT2D eigenvalue weighted by Gasteiger charge is 2.26. The summed E-state index contributed by atoms with van der Waals surface area (Å²) in [6, 6.07) is 8.23. The van der Waals surface area contributed by atoms with Crippen LogP contribution in [0.5, 0.6) is 0 Å². The Bertz CT molecular complexity index is 714. The lowest BCUT2D eigenvalue weighted by Crippen LogP contribution is -2.44. The number of allylic oxidation sites excluding steroid dienone is 3. The smallest absolute Gasteiger partial charge is 0.243 e. The molecule has 1 atom stereocenters. The summed E-state index contributed by atoms with van der Waals surface area (Å²) in [5.74, 6) is -0.0104. The van der Waals surface area contributed by atoms with E-state index >= 15 is 0 Å². The van der Waals surface area contributed by atoms with Crippen LogP contribution in [-0.2, 0) is 11.3 Å². The van der Waals surface area contributed by atoms with Crippen molar-refractivity contribution in [1.29, 1.82) is 0 Å². The molecule has 0 spiro atoms. The molecule has 0 saturated carbocycles. The molecule has 25 heavy (non-hydrogen) atoms. The van der Waals surface area contributed by atoms with Gasteiger partial charge in [0.1, 0.15) is 6.04 Å². The molecule has 1 aromatic rings. The van der Waals surface area contributed by atoms with Gasteiger partial charge in [-0.2, -0.15) is 0 Å². The Morgan fingerprint density at radius 1 is 1.12 bits per heavy atom. The highest BCUT2D eigenvalue weighted by molar-refractivity contribution is 5.84. The molecule has 1 unspecified atom stereocenters. The second kappa shape index (κ2) is 7.15. The van der Waals surface area contributed by atoms with Gasteiger partial charge in [0, 0.05) is 31.5 Å². The van der Waals surface area contributed by atoms with Crippen LogP contribution in [0, 0.1) is 0 Å². The summed E-state index contributed by atoms with van der Waals surface area (Å²) in [4.78, 5) is 14.8. The van der Waals surface area contributed by atoms with Crippen molar-refractivity contribution >= 4 is 11.6 Å². The van der Waals surface area contributed by atoms with Gasteiger partial charge in [0.2, 0.25) is 5.91 Å². The third kappa shape index (κ3) is 3.61. The van der Waals surface area contributed by atoms with Gasteiger partial charge >= 0.3 is 0 Å². The molecular weight excluding hydrogens is 312 g/mol. The van der Waals surface area contributed by atoms with Crippen molar-refractivity contribution in [2.75, 3.05) is 18.0 Å². The van der Waals surface area contributed by atoms with Gasteiger partial charge in [-0.1, -0.05) is 18.2 Å². The topological polar surface area (TPSA) is 47.6 Å². The highest BCUT2D eigenvalue weighted by Crippen LogP contribution is 2.20. The van der Waals surface area contributed by atoms with Crippen LogP contribution in [0.15, 0.2) is 60.5 Å². The Morgan fingerprint density at radius 3 is 2.68 bits per heavy atom. The molecule has 5 nitrogen and oxygen atoms in total. The first-order valence-electron chi connectivity index (χ1n) is 9.03. The SMILES string of the molecule is O=C(NCc1ccc(N2CCCCC2)cc1)C1C=C2C=CC=CN2N1. The van der Waals surface area contributed by atoms with E-state index in [-0.39, 0.29) is 11.9 Å². The first-order chi connectivity index (χ1) is 12.3. The van der Waals surface area contributed by atoms with Crippen LogP contribution < -0.4 is 15.6 Å². The summed E-state index contributed by atoms with van der Waals surface area (Å²) in [5.41, 5.74) is 6.58. The molecule has 3 aliphatic rings. The molecule has 1 aromatic carbocycles. The molecule has 2 N–H and O–H groups in total. The van der Waals surface area contributed by atoms with Crippen LogP contribution in [0.1, 0.15) is 24.8 Å². The van der Waals surface area contributed by atoms with E-state index < -0.39 is 0 Å². The first-order valence-corrected chi connectivity index (χ1v) is 9.03. The predicted octanol–water partition coefficient (Wildman–Crippen LogP) is 2.45. The number of hydrazine groups is 1. The van der Waals surface area contributed by atoms with Crippen molar-refractivity contribution < 1.29 is 4.79 Å². The van der Waals surface area contributed by atoms with E-state index in [1.807, 2.05) is 35.5 Å². The van der Waals surface area contributed by atoms with Crippen molar-refractivity contribution in [2.45, 2.75) is 31.8 Å². The van der Waals surface area contributed by atoms with Crippen LogP contribution in [0.4, 0.5) is 5.69 Å². The molecule has 1 saturated heterocycles. The van der Waals surface area contributed by atoms with Gasteiger partial charge in [0.05, 0.1) is 5.70 Å². The average Bonchev–Trinajstić information content (AvgIpc) is 3.11. The number of nitrogens with one attached hydrogen (secondary N) is 2. The molecular formula is C20H24N4O. The Morgan fingerprint density at radius 2 is 1.92 bits per heavy atom. The van der Waals surface area contributed by atoms with Crippen LogP contribution in [0.2, 0.25) is 0 Å². The zero-order valence-electron chi connectivity index (χ0n) is 14.3. The lowest BCUT2D eigenvalue weighted by Gasteiger charge is -2.28. The van der Waals surface area contributed by atoms with E-state index in [2.05, 4.69) is 39.9 Å². The maximum Gasteiger partial charge on any atom is 0.243 e. The monoisotopic (exact) mass is 336 g/mol. The lowest BCUT2D eigenvalue weighted by molar-refractivity contribution is -0.122. The number of amides is 1. The summed E-state index contributed by atoms with van der Waals surface area (Å²) >= 11 is 0. The third-order valence-electron chi connectivity index (χ3n) is 4.91. The van der Waals surface area contributed by atoms with E-state index in [1.54, 1.807) is 0 Å². The van der Waals surface area contributed by atoms with Gasteiger partial charge < -0.3 is 10.2 Å². The Hall–Kier alpha value is -2.53. The number of piperidine rings is 1. The van der Waals surface area contributed by atoms with Crippen LogP contribution in [-0.4, -0.2) is 30.0 Å². The number of rotatable bonds is 4. The molecule has 0 radical (unpaired) electrons. The number of carbonyl (C=O) groups is 1. The summed E-state index contributed by atoms with van der Waals surface area (Å²) in [6.45, 7) is 2.85. The molecule has 0 aromatic heterocycles. The fraction of sp³-hybridized carbons (Fsp3) is 0.350. The maximum atomic E-state index is 12.4. The number of carbonyl (C=O) groups excluding carboxylic acids is 1. The number of benzene rings is 1. The molecule has 5 heteroatoms. The summed E-state index contributed by atoms with van der Waals surface area (Å²) in [5, 5.41) is 4.89. The fourth-order valence-corrected chi connectivity index (χ4v) is 3.48. The summed E-state index contributed by atoms with van der Waals surface area (Å²) < 4.78 is 0. The van der Waals surface area contributed by atoms with Gasteiger partial charge in [0.15, 0.2) is 0 Å².